The number of thiophene rings is 1. The number of imide groups is 1. The zero-order chi connectivity index (χ0) is 22.0. The molecule has 3 heterocycles. The number of hydrogen-bond acceptors (Lipinski definition) is 8. The molecule has 2 aliphatic heterocycles. The van der Waals surface area contributed by atoms with Gasteiger partial charge in [0.25, 0.3) is 11.8 Å². The molecule has 1 aromatic heterocycles. The van der Waals surface area contributed by atoms with Crippen molar-refractivity contribution in [1.29, 1.82) is 0 Å². The van der Waals surface area contributed by atoms with Gasteiger partial charge in [0.1, 0.15) is 17.2 Å². The molecule has 31 heavy (non-hydrogen) atoms. The van der Waals surface area contributed by atoms with E-state index in [1.54, 1.807) is 25.3 Å². The van der Waals surface area contributed by atoms with Crippen LogP contribution < -0.4 is 14.4 Å². The maximum absolute atomic E-state index is 13.6. The smallest absolute Gasteiger partial charge is 0.282 e. The predicted octanol–water partition coefficient (Wildman–Crippen LogP) is 1.66. The van der Waals surface area contributed by atoms with Crippen LogP contribution >= 0.6 is 11.3 Å². The van der Waals surface area contributed by atoms with Crippen LogP contribution in [0.5, 0.6) is 11.5 Å². The molecule has 0 unspecified atom stereocenters. The lowest BCUT2D eigenvalue weighted by molar-refractivity contribution is -0.120. The molecule has 2 amide bonds. The standard InChI is InChI=1S/C22H25N3O5S/c1-29-15-5-6-16(17(14-15)30-2)25-21(27)19(18-4-3-13-31-18)20(22(25)28)24-9-7-23(8-10-24)11-12-26/h3-6,13-14,26H,7-12H2,1-2H3. The van der Waals surface area contributed by atoms with Gasteiger partial charge in [-0.3, -0.25) is 14.5 Å². The maximum Gasteiger partial charge on any atom is 0.282 e. The number of carbonyl (C=O) groups is 2. The van der Waals surface area contributed by atoms with Crippen LogP contribution in [0.4, 0.5) is 5.69 Å². The summed E-state index contributed by atoms with van der Waals surface area (Å²) in [6.07, 6.45) is 0. The number of ether oxygens (including phenoxy) is 2. The van der Waals surface area contributed by atoms with Crippen molar-refractivity contribution in [2.45, 2.75) is 0 Å². The number of hydrogen-bond donors (Lipinski definition) is 1. The minimum atomic E-state index is -0.358. The molecule has 4 rings (SSSR count). The Kier molecular flexibility index (Phi) is 6.26. The number of β-amino-alcohol motifs (C(OH)–C–C–N with tert-alkyl or cyclic N) is 1. The highest BCUT2D eigenvalue weighted by atomic mass is 32.1. The Hall–Kier alpha value is -2.88. The molecule has 2 aliphatic rings. The number of piperazine rings is 1. The second-order valence-electron chi connectivity index (χ2n) is 7.24. The lowest BCUT2D eigenvalue weighted by Crippen LogP contribution is -2.48. The molecule has 1 saturated heterocycles. The summed E-state index contributed by atoms with van der Waals surface area (Å²) < 4.78 is 10.7. The zero-order valence-corrected chi connectivity index (χ0v) is 18.4. The summed E-state index contributed by atoms with van der Waals surface area (Å²) in [6, 6.07) is 8.77. The summed E-state index contributed by atoms with van der Waals surface area (Å²) >= 11 is 1.44. The second-order valence-corrected chi connectivity index (χ2v) is 8.18. The van der Waals surface area contributed by atoms with Gasteiger partial charge in [-0.05, 0) is 23.6 Å². The Labute approximate surface area is 184 Å². The van der Waals surface area contributed by atoms with Gasteiger partial charge in [0, 0.05) is 43.7 Å². The minimum Gasteiger partial charge on any atom is -0.497 e. The van der Waals surface area contributed by atoms with E-state index in [-0.39, 0.29) is 18.4 Å². The summed E-state index contributed by atoms with van der Waals surface area (Å²) in [6.45, 7) is 3.36. The Bertz CT molecular complexity index is 997. The fourth-order valence-electron chi connectivity index (χ4n) is 3.98. The first-order valence-electron chi connectivity index (χ1n) is 10.1. The van der Waals surface area contributed by atoms with Crippen molar-refractivity contribution < 1.29 is 24.2 Å². The monoisotopic (exact) mass is 443 g/mol. The van der Waals surface area contributed by atoms with E-state index in [4.69, 9.17) is 9.47 Å². The first-order valence-corrected chi connectivity index (χ1v) is 10.9. The molecule has 8 nitrogen and oxygen atoms in total. The molecule has 0 spiro atoms. The summed E-state index contributed by atoms with van der Waals surface area (Å²) in [7, 11) is 3.05. The van der Waals surface area contributed by atoms with Gasteiger partial charge >= 0.3 is 0 Å². The molecule has 1 fully saturated rings. The maximum atomic E-state index is 13.6. The predicted molar refractivity (Wildman–Crippen MR) is 118 cm³/mol. The third-order valence-corrected chi connectivity index (χ3v) is 6.45. The molecule has 1 N–H and O–H groups in total. The summed E-state index contributed by atoms with van der Waals surface area (Å²) in [5.74, 6) is 0.253. The van der Waals surface area contributed by atoms with Crippen molar-refractivity contribution in [2.75, 3.05) is 58.5 Å². The van der Waals surface area contributed by atoms with Gasteiger partial charge in [-0.25, -0.2) is 4.90 Å². The van der Waals surface area contributed by atoms with E-state index in [2.05, 4.69) is 4.90 Å². The van der Waals surface area contributed by atoms with E-state index >= 15 is 0 Å². The number of amides is 2. The molecule has 0 saturated carbocycles. The SMILES string of the molecule is COc1ccc(N2C(=O)C(c3cccs3)=C(N3CCN(CCO)CC3)C2=O)c(OC)c1. The van der Waals surface area contributed by atoms with Crippen molar-refractivity contribution in [1.82, 2.24) is 9.80 Å². The van der Waals surface area contributed by atoms with Crippen LogP contribution in [0, 0.1) is 0 Å². The summed E-state index contributed by atoms with van der Waals surface area (Å²) in [4.78, 5) is 33.3. The number of rotatable bonds is 7. The highest BCUT2D eigenvalue weighted by Gasteiger charge is 2.44. The fraction of sp³-hybridized carbons (Fsp3) is 0.364. The van der Waals surface area contributed by atoms with Crippen LogP contribution in [0.2, 0.25) is 0 Å². The number of benzene rings is 1. The Morgan fingerprint density at radius 2 is 1.81 bits per heavy atom. The molecule has 0 radical (unpaired) electrons. The van der Waals surface area contributed by atoms with Crippen LogP contribution in [-0.2, 0) is 9.59 Å². The number of aliphatic hydroxyl groups is 1. The van der Waals surface area contributed by atoms with Gasteiger partial charge in [-0.1, -0.05) is 6.07 Å². The summed E-state index contributed by atoms with van der Waals surface area (Å²) in [5, 5.41) is 11.1. The molecule has 0 bridgehead atoms. The normalized spacial score (nSPS) is 17.6. The van der Waals surface area contributed by atoms with Gasteiger partial charge < -0.3 is 19.5 Å². The molecule has 164 valence electrons. The highest BCUT2D eigenvalue weighted by molar-refractivity contribution is 7.11. The molecule has 9 heteroatoms. The van der Waals surface area contributed by atoms with Gasteiger partial charge in [0.2, 0.25) is 0 Å². The highest BCUT2D eigenvalue weighted by Crippen LogP contribution is 2.41. The zero-order valence-electron chi connectivity index (χ0n) is 17.5. The van der Waals surface area contributed by atoms with E-state index in [1.807, 2.05) is 22.4 Å². The second kappa shape index (κ2) is 9.09. The average molecular weight is 444 g/mol. The number of methoxy groups -OCH3 is 2. The number of carbonyl (C=O) groups excluding carboxylic acids is 2. The Morgan fingerprint density at radius 3 is 2.42 bits per heavy atom. The van der Waals surface area contributed by atoms with E-state index in [0.29, 0.717) is 48.1 Å². The molecule has 0 atom stereocenters. The first-order chi connectivity index (χ1) is 15.1. The molecule has 2 aromatic rings. The lowest BCUT2D eigenvalue weighted by Gasteiger charge is -2.36. The van der Waals surface area contributed by atoms with E-state index in [0.717, 1.165) is 18.0 Å². The molecule has 0 aliphatic carbocycles. The minimum absolute atomic E-state index is 0.103. The van der Waals surface area contributed by atoms with Crippen LogP contribution in [0.15, 0.2) is 41.4 Å². The van der Waals surface area contributed by atoms with E-state index in [1.165, 1.54) is 23.3 Å². The van der Waals surface area contributed by atoms with E-state index < -0.39 is 0 Å². The van der Waals surface area contributed by atoms with Crippen molar-refractivity contribution in [3.63, 3.8) is 0 Å². The van der Waals surface area contributed by atoms with Gasteiger partial charge in [0.15, 0.2) is 0 Å². The Morgan fingerprint density at radius 1 is 1.03 bits per heavy atom. The van der Waals surface area contributed by atoms with Gasteiger partial charge in [0.05, 0.1) is 32.1 Å². The lowest BCUT2D eigenvalue weighted by atomic mass is 10.1. The number of nitrogens with zero attached hydrogens (tertiary/aromatic N) is 3. The largest absolute Gasteiger partial charge is 0.497 e. The van der Waals surface area contributed by atoms with Crippen LogP contribution in [-0.4, -0.2) is 80.3 Å². The van der Waals surface area contributed by atoms with Crippen molar-refractivity contribution in [3.8, 4) is 11.5 Å². The van der Waals surface area contributed by atoms with Gasteiger partial charge in [-0.15, -0.1) is 11.3 Å². The summed E-state index contributed by atoms with van der Waals surface area (Å²) in [5.41, 5.74) is 1.24. The molecular weight excluding hydrogens is 418 g/mol. The average Bonchev–Trinajstić information content (AvgIpc) is 3.40. The van der Waals surface area contributed by atoms with Crippen molar-refractivity contribution in [2.24, 2.45) is 0 Å². The fourth-order valence-corrected chi connectivity index (χ4v) is 4.74. The third-order valence-electron chi connectivity index (χ3n) is 5.56. The Balaban J connectivity index is 1.72. The van der Waals surface area contributed by atoms with Crippen molar-refractivity contribution >= 4 is 34.4 Å². The van der Waals surface area contributed by atoms with Gasteiger partial charge in [-0.2, -0.15) is 0 Å². The third kappa shape index (κ3) is 3.91. The molecular formula is C22H25N3O5S. The quantitative estimate of drug-likeness (QED) is 0.652. The molecule has 1 aromatic carbocycles. The van der Waals surface area contributed by atoms with E-state index in [9.17, 15) is 14.7 Å². The van der Waals surface area contributed by atoms with Crippen LogP contribution in [0.1, 0.15) is 4.88 Å². The van der Waals surface area contributed by atoms with Crippen LogP contribution in [0.25, 0.3) is 5.57 Å². The first kappa shape index (κ1) is 21.4. The van der Waals surface area contributed by atoms with Crippen molar-refractivity contribution in [3.05, 3.63) is 46.3 Å². The number of aliphatic hydroxyl groups excluding tert-OH is 1. The topological polar surface area (TPSA) is 82.5 Å². The number of anilines is 1. The van der Waals surface area contributed by atoms with Crippen LogP contribution in [0.3, 0.4) is 0 Å².